The normalized spacial score (nSPS) is 18.9. The van der Waals surface area contributed by atoms with Crippen molar-refractivity contribution in [2.24, 2.45) is 11.8 Å². The van der Waals surface area contributed by atoms with E-state index in [0.29, 0.717) is 56.6 Å². The number of H-pyrrole nitrogens is 1. The molecule has 5 aromatic rings. The molecule has 12 nitrogen and oxygen atoms in total. The van der Waals surface area contributed by atoms with E-state index in [4.69, 9.17) is 13.9 Å². The predicted octanol–water partition coefficient (Wildman–Crippen LogP) is 9.70. The molecule has 8 rings (SSSR count). The zero-order valence-electron chi connectivity index (χ0n) is 40.6. The molecule has 4 N–H and O–H groups in total. The number of rotatable bonds is 21. The highest BCUT2D eigenvalue weighted by molar-refractivity contribution is 6.74. The van der Waals surface area contributed by atoms with Crippen LogP contribution in [0.25, 0.3) is 22.0 Å². The Morgan fingerprint density at radius 3 is 2.34 bits per heavy atom. The molecule has 0 bridgehead atoms. The lowest BCUT2D eigenvalue weighted by Crippen LogP contribution is -2.44. The van der Waals surface area contributed by atoms with E-state index in [1.165, 1.54) is 17.2 Å². The number of phenolic OH excluding ortho intramolecular Hbond substituents is 1. The lowest BCUT2D eigenvalue weighted by atomic mass is 10.0. The number of nitrogens with zero attached hydrogens (tertiary/aromatic N) is 2. The number of aromatic hydroxyl groups is 1. The van der Waals surface area contributed by atoms with E-state index in [2.05, 4.69) is 78.6 Å². The van der Waals surface area contributed by atoms with Crippen LogP contribution in [0.2, 0.25) is 18.1 Å². The molecule has 3 fully saturated rings. The number of carbonyl (C=O) groups excluding carboxylic acids is 2. The first kappa shape index (κ1) is 49.1. The highest BCUT2D eigenvalue weighted by Gasteiger charge is 2.43. The van der Waals surface area contributed by atoms with E-state index >= 15 is 0 Å². The van der Waals surface area contributed by atoms with Gasteiger partial charge in [-0.15, -0.1) is 0 Å². The first-order valence-corrected chi connectivity index (χ1v) is 27.6. The van der Waals surface area contributed by atoms with Crippen molar-refractivity contribution in [3.63, 3.8) is 0 Å². The van der Waals surface area contributed by atoms with Crippen LogP contribution >= 0.6 is 0 Å². The molecule has 4 aromatic carbocycles. The SMILES string of the molecule is CC(C)(C)[Si](C)(C)O[C@@H](CNCCN(C(=O)CCOCCc1cccc(CCN2C[C@H]3C[C@H](OC(=O)Nc4ccccc4-c4ccccc4)C[C@H]3C2)c1)C1CC1)c1ccc(O)c2[nH]c(=O)ccc12. The number of pyridine rings is 1. The number of amides is 2. The van der Waals surface area contributed by atoms with Gasteiger partial charge in [-0.25, -0.2) is 4.79 Å². The Morgan fingerprint density at radius 2 is 1.60 bits per heavy atom. The highest BCUT2D eigenvalue weighted by Crippen LogP contribution is 2.42. The van der Waals surface area contributed by atoms with Crippen LogP contribution < -0.4 is 16.2 Å². The number of phenols is 1. The number of likely N-dealkylation sites (tertiary alicyclic amines) is 1. The third kappa shape index (κ3) is 12.7. The Hall–Kier alpha value is -5.31. The number of ether oxygens (including phenoxy) is 2. The second-order valence-electron chi connectivity index (χ2n) is 20.7. The molecule has 0 unspecified atom stereocenters. The number of benzene rings is 4. The third-order valence-electron chi connectivity index (χ3n) is 14.7. The van der Waals surface area contributed by atoms with Gasteiger partial charge in [-0.2, -0.15) is 0 Å². The summed E-state index contributed by atoms with van der Waals surface area (Å²) in [5.74, 6) is 1.25. The third-order valence-corrected chi connectivity index (χ3v) is 19.2. The maximum absolute atomic E-state index is 13.5. The summed E-state index contributed by atoms with van der Waals surface area (Å²) >= 11 is 0. The summed E-state index contributed by atoms with van der Waals surface area (Å²) in [4.78, 5) is 46.0. The summed E-state index contributed by atoms with van der Waals surface area (Å²) < 4.78 is 19.0. The second-order valence-corrected chi connectivity index (χ2v) is 25.4. The number of hydrogen-bond acceptors (Lipinski definition) is 9. The lowest BCUT2D eigenvalue weighted by Gasteiger charge is -2.39. The number of fused-ring (bicyclic) bond motifs is 2. The molecule has 3 aliphatic rings. The Kier molecular flexibility index (Phi) is 15.9. The van der Waals surface area contributed by atoms with Gasteiger partial charge in [0.05, 0.1) is 36.9 Å². The zero-order chi connectivity index (χ0) is 47.8. The van der Waals surface area contributed by atoms with E-state index in [1.54, 1.807) is 12.1 Å². The molecule has 0 radical (unpaired) electrons. The topological polar surface area (TPSA) is 145 Å². The summed E-state index contributed by atoms with van der Waals surface area (Å²) in [6.45, 7) is 16.9. The number of anilines is 1. The molecule has 13 heteroatoms. The van der Waals surface area contributed by atoms with Crippen molar-refractivity contribution in [2.45, 2.75) is 102 Å². The van der Waals surface area contributed by atoms with Gasteiger partial charge in [0.15, 0.2) is 8.32 Å². The van der Waals surface area contributed by atoms with Gasteiger partial charge < -0.3 is 39.1 Å². The van der Waals surface area contributed by atoms with Crippen molar-refractivity contribution in [3.05, 3.63) is 130 Å². The van der Waals surface area contributed by atoms with Crippen LogP contribution in [0, 0.1) is 11.8 Å². The largest absolute Gasteiger partial charge is 0.506 e. The summed E-state index contributed by atoms with van der Waals surface area (Å²) in [7, 11) is -2.22. The molecular formula is C55H71N5O7Si. The minimum Gasteiger partial charge on any atom is -0.506 e. The fourth-order valence-corrected chi connectivity index (χ4v) is 11.1. The molecular weight excluding hydrogens is 871 g/mol. The molecule has 2 saturated carbocycles. The summed E-state index contributed by atoms with van der Waals surface area (Å²) in [6, 6.07) is 33.7. The van der Waals surface area contributed by atoms with Gasteiger partial charge in [-0.1, -0.05) is 99.6 Å². The number of aromatic amines is 1. The van der Waals surface area contributed by atoms with Gasteiger partial charge in [0.1, 0.15) is 11.9 Å². The minimum atomic E-state index is -2.22. The molecule has 1 aromatic heterocycles. The van der Waals surface area contributed by atoms with Gasteiger partial charge in [0.25, 0.3) is 0 Å². The van der Waals surface area contributed by atoms with E-state index < -0.39 is 8.32 Å². The lowest BCUT2D eigenvalue weighted by molar-refractivity contribution is -0.132. The maximum atomic E-state index is 13.5. The average Bonchev–Trinajstić information content (AvgIpc) is 3.98. The molecule has 362 valence electrons. The van der Waals surface area contributed by atoms with Crippen LogP contribution in [0.3, 0.4) is 0 Å². The van der Waals surface area contributed by atoms with Crippen LogP contribution in [0.15, 0.2) is 108 Å². The Labute approximate surface area is 402 Å². The van der Waals surface area contributed by atoms with Gasteiger partial charge in [-0.3, -0.25) is 14.9 Å². The van der Waals surface area contributed by atoms with Crippen molar-refractivity contribution >= 4 is 36.9 Å². The highest BCUT2D eigenvalue weighted by atomic mass is 28.4. The standard InChI is InChI=1S/C55H71N5O7Si/c1-55(2,3)68(4,5)67-50(46-20-22-49(61)53-47(46)21-23-51(62)58-53)35-56-27-29-60(43-18-19-43)52(63)26-31-65-30-25-39-13-11-12-38(32-39)24-28-59-36-41-33-44(34-42(41)37-59)66-54(64)57-48-17-10-9-16-45(48)40-14-7-6-8-15-40/h6-17,20-23,32,41-44,50,56,61H,18-19,24-31,33-37H2,1-5H3,(H,57,64)(H,58,62)/t41-,42+,44+,50-/m0/s1. The Morgan fingerprint density at radius 1 is 0.882 bits per heavy atom. The van der Waals surface area contributed by atoms with E-state index in [-0.39, 0.29) is 46.6 Å². The monoisotopic (exact) mass is 942 g/mol. The summed E-state index contributed by atoms with van der Waals surface area (Å²) in [6.07, 6.45) is 5.25. The van der Waals surface area contributed by atoms with Crippen molar-refractivity contribution in [1.82, 2.24) is 20.1 Å². The van der Waals surface area contributed by atoms with E-state index in [9.17, 15) is 19.5 Å². The second kappa shape index (κ2) is 22.0. The molecule has 68 heavy (non-hydrogen) atoms. The van der Waals surface area contributed by atoms with E-state index in [0.717, 1.165) is 85.9 Å². The van der Waals surface area contributed by atoms with Crippen molar-refractivity contribution in [2.75, 3.05) is 57.8 Å². The summed E-state index contributed by atoms with van der Waals surface area (Å²) in [5.41, 5.74) is 6.39. The number of para-hydroxylation sites is 1. The zero-order valence-corrected chi connectivity index (χ0v) is 41.6. The number of hydrogen-bond donors (Lipinski definition) is 4. The smallest absolute Gasteiger partial charge is 0.411 e. The maximum Gasteiger partial charge on any atom is 0.411 e. The Bertz CT molecular complexity index is 2540. The Balaban J connectivity index is 0.733. The van der Waals surface area contributed by atoms with Crippen molar-refractivity contribution < 1.29 is 28.6 Å². The number of carbonyl (C=O) groups is 2. The van der Waals surface area contributed by atoms with Gasteiger partial charge >= 0.3 is 6.09 Å². The molecule has 2 aliphatic carbocycles. The fourth-order valence-electron chi connectivity index (χ4n) is 9.81. The molecule has 1 saturated heterocycles. The van der Waals surface area contributed by atoms with Crippen LogP contribution in [0.1, 0.15) is 75.7 Å². The molecule has 1 aliphatic heterocycles. The quantitative estimate of drug-likeness (QED) is 0.0418. The van der Waals surface area contributed by atoms with Crippen LogP contribution in [0.4, 0.5) is 10.5 Å². The molecule has 2 heterocycles. The van der Waals surface area contributed by atoms with Crippen molar-refractivity contribution in [3.8, 4) is 16.9 Å². The predicted molar refractivity (Wildman–Crippen MR) is 273 cm³/mol. The number of aromatic nitrogens is 1. The molecule has 0 spiro atoms. The van der Waals surface area contributed by atoms with Gasteiger partial charge in [-0.05, 0) is 109 Å². The first-order chi connectivity index (χ1) is 32.7. The number of nitrogens with one attached hydrogen (secondary N) is 3. The minimum absolute atomic E-state index is 0.0206. The van der Waals surface area contributed by atoms with Gasteiger partial charge in [0, 0.05) is 62.3 Å². The average molecular weight is 942 g/mol. The van der Waals surface area contributed by atoms with Crippen LogP contribution in [-0.2, 0) is 31.5 Å². The fraction of sp³-hybridized carbons (Fsp3) is 0.473. The van der Waals surface area contributed by atoms with E-state index in [1.807, 2.05) is 65.6 Å². The molecule has 2 amide bonds. The first-order valence-electron chi connectivity index (χ1n) is 24.7. The van der Waals surface area contributed by atoms with Crippen molar-refractivity contribution in [1.29, 1.82) is 0 Å². The van der Waals surface area contributed by atoms with Crippen LogP contribution in [0.5, 0.6) is 5.75 Å². The summed E-state index contributed by atoms with van der Waals surface area (Å²) in [5, 5.41) is 17.9. The van der Waals surface area contributed by atoms with Crippen LogP contribution in [-0.4, -0.2) is 105 Å². The van der Waals surface area contributed by atoms with Gasteiger partial charge in [0.2, 0.25) is 11.5 Å². The molecule has 4 atom stereocenters.